The molecule has 0 aliphatic carbocycles. The molecule has 0 unspecified atom stereocenters. The summed E-state index contributed by atoms with van der Waals surface area (Å²) in [6.45, 7) is 1.87. The molecular formula is C19H17N3O4S. The molecule has 0 bridgehead atoms. The number of carbonyl (C=O) groups is 1. The number of hydrogen-bond acceptors (Lipinski definition) is 6. The fourth-order valence-electron chi connectivity index (χ4n) is 3.11. The third kappa shape index (κ3) is 3.80. The van der Waals surface area contributed by atoms with Crippen molar-refractivity contribution in [2.24, 2.45) is 4.99 Å². The van der Waals surface area contributed by atoms with Crippen molar-refractivity contribution in [3.63, 3.8) is 0 Å². The fourth-order valence-corrected chi connectivity index (χ4v) is 4.05. The summed E-state index contributed by atoms with van der Waals surface area (Å²) >= 11 is 1.37. The molecule has 2 aliphatic heterocycles. The van der Waals surface area contributed by atoms with Gasteiger partial charge in [-0.1, -0.05) is 12.1 Å². The first-order valence-electron chi connectivity index (χ1n) is 8.72. The Labute approximate surface area is 159 Å². The summed E-state index contributed by atoms with van der Waals surface area (Å²) in [7, 11) is 0. The van der Waals surface area contributed by atoms with Crippen LogP contribution in [0, 0.1) is 10.1 Å². The van der Waals surface area contributed by atoms with Crippen LogP contribution in [0.2, 0.25) is 0 Å². The predicted molar refractivity (Wildman–Crippen MR) is 104 cm³/mol. The van der Waals surface area contributed by atoms with E-state index in [2.05, 4.69) is 9.89 Å². The Hall–Kier alpha value is -2.87. The minimum Gasteiger partial charge on any atom is -0.457 e. The Balaban J connectivity index is 1.52. The van der Waals surface area contributed by atoms with Crippen molar-refractivity contribution >= 4 is 34.6 Å². The molecule has 0 spiro atoms. The lowest BCUT2D eigenvalue weighted by atomic mass is 10.1. The van der Waals surface area contributed by atoms with Gasteiger partial charge >= 0.3 is 0 Å². The number of amides is 1. The SMILES string of the molecule is O=C1N=C(N2CCCCC2)S/C1=C/c1ccc(-c2cccc([N+](=O)[O-])c2)o1. The van der Waals surface area contributed by atoms with Gasteiger partial charge in [0.05, 0.1) is 9.83 Å². The number of amidine groups is 1. The summed E-state index contributed by atoms with van der Waals surface area (Å²) in [6.07, 6.45) is 5.14. The van der Waals surface area contributed by atoms with Crippen LogP contribution >= 0.6 is 11.8 Å². The normalized spacial score (nSPS) is 18.8. The second-order valence-corrected chi connectivity index (χ2v) is 7.38. The number of carbonyl (C=O) groups excluding carboxylic acids is 1. The average molecular weight is 383 g/mol. The number of aliphatic imine (C=N–C) groups is 1. The van der Waals surface area contributed by atoms with Crippen LogP contribution in [0.1, 0.15) is 25.0 Å². The molecule has 3 heterocycles. The maximum atomic E-state index is 12.2. The fraction of sp³-hybridized carbons (Fsp3) is 0.263. The quantitative estimate of drug-likeness (QED) is 0.446. The molecule has 1 amide bonds. The van der Waals surface area contributed by atoms with E-state index in [-0.39, 0.29) is 11.6 Å². The smallest absolute Gasteiger partial charge is 0.286 e. The molecule has 8 heteroatoms. The summed E-state index contributed by atoms with van der Waals surface area (Å²) in [5.74, 6) is 0.773. The van der Waals surface area contributed by atoms with E-state index in [1.165, 1.54) is 30.3 Å². The third-order valence-electron chi connectivity index (χ3n) is 4.48. The maximum Gasteiger partial charge on any atom is 0.286 e. The molecule has 27 heavy (non-hydrogen) atoms. The monoisotopic (exact) mass is 383 g/mol. The zero-order chi connectivity index (χ0) is 18.8. The average Bonchev–Trinajstić information content (AvgIpc) is 3.30. The molecule has 0 radical (unpaired) electrons. The van der Waals surface area contributed by atoms with Crippen molar-refractivity contribution in [3.8, 4) is 11.3 Å². The molecule has 7 nitrogen and oxygen atoms in total. The third-order valence-corrected chi connectivity index (χ3v) is 5.52. The first kappa shape index (κ1) is 17.5. The Kier molecular flexibility index (Phi) is 4.81. The van der Waals surface area contributed by atoms with Gasteiger partial charge in [-0.25, -0.2) is 0 Å². The maximum absolute atomic E-state index is 12.2. The molecule has 0 atom stereocenters. The summed E-state index contributed by atoms with van der Waals surface area (Å²) in [6, 6.07) is 9.74. The molecule has 0 N–H and O–H groups in total. The largest absolute Gasteiger partial charge is 0.457 e. The number of nitro groups is 1. The van der Waals surface area contributed by atoms with Gasteiger partial charge in [0, 0.05) is 36.9 Å². The van der Waals surface area contributed by atoms with Crippen molar-refractivity contribution in [3.05, 3.63) is 57.2 Å². The second-order valence-electron chi connectivity index (χ2n) is 6.37. The molecule has 2 aromatic rings. The molecule has 4 rings (SSSR count). The molecule has 138 valence electrons. The van der Waals surface area contributed by atoms with Gasteiger partial charge in [0.25, 0.3) is 11.6 Å². The first-order chi connectivity index (χ1) is 13.1. The van der Waals surface area contributed by atoms with Crippen molar-refractivity contribution < 1.29 is 14.1 Å². The van der Waals surface area contributed by atoms with Gasteiger partial charge in [0.1, 0.15) is 11.5 Å². The second kappa shape index (κ2) is 7.40. The highest BCUT2D eigenvalue weighted by Crippen LogP contribution is 2.33. The number of hydrogen-bond donors (Lipinski definition) is 0. The number of nitrogens with zero attached hydrogens (tertiary/aromatic N) is 3. The van der Waals surface area contributed by atoms with Gasteiger partial charge in [0.15, 0.2) is 5.17 Å². The van der Waals surface area contributed by atoms with E-state index in [1.54, 1.807) is 30.3 Å². The first-order valence-corrected chi connectivity index (χ1v) is 9.54. The molecule has 2 aliphatic rings. The lowest BCUT2D eigenvalue weighted by Gasteiger charge is -2.27. The molecule has 1 saturated heterocycles. The number of likely N-dealkylation sites (tertiary alicyclic amines) is 1. The van der Waals surface area contributed by atoms with E-state index in [4.69, 9.17) is 4.42 Å². The summed E-state index contributed by atoms with van der Waals surface area (Å²) in [5, 5.41) is 11.7. The van der Waals surface area contributed by atoms with Gasteiger partial charge in [0.2, 0.25) is 0 Å². The van der Waals surface area contributed by atoms with Crippen LogP contribution in [-0.4, -0.2) is 34.0 Å². The topological polar surface area (TPSA) is 89.0 Å². The Morgan fingerprint density at radius 2 is 2.00 bits per heavy atom. The molecular weight excluding hydrogens is 366 g/mol. The van der Waals surface area contributed by atoms with E-state index < -0.39 is 4.92 Å². The minimum atomic E-state index is -0.442. The Bertz CT molecular complexity index is 957. The Morgan fingerprint density at radius 1 is 1.19 bits per heavy atom. The minimum absolute atomic E-state index is 0.00454. The number of thioether (sulfide) groups is 1. The lowest BCUT2D eigenvalue weighted by Crippen LogP contribution is -2.33. The van der Waals surface area contributed by atoms with E-state index in [1.807, 2.05) is 0 Å². The molecule has 1 aromatic carbocycles. The number of benzene rings is 1. The number of rotatable bonds is 3. The van der Waals surface area contributed by atoms with Gasteiger partial charge in [-0.05, 0) is 43.2 Å². The van der Waals surface area contributed by atoms with Gasteiger partial charge in [-0.3, -0.25) is 14.9 Å². The number of piperidine rings is 1. The van der Waals surface area contributed by atoms with Gasteiger partial charge < -0.3 is 9.32 Å². The Morgan fingerprint density at radius 3 is 2.78 bits per heavy atom. The summed E-state index contributed by atoms with van der Waals surface area (Å²) in [4.78, 5) is 29.5. The van der Waals surface area contributed by atoms with Crippen LogP contribution in [0.3, 0.4) is 0 Å². The van der Waals surface area contributed by atoms with E-state index in [0.29, 0.717) is 22.0 Å². The van der Waals surface area contributed by atoms with Gasteiger partial charge in [-0.15, -0.1) is 0 Å². The van der Waals surface area contributed by atoms with Crippen LogP contribution in [0.5, 0.6) is 0 Å². The van der Waals surface area contributed by atoms with E-state index >= 15 is 0 Å². The predicted octanol–water partition coefficient (Wildman–Crippen LogP) is 4.31. The van der Waals surface area contributed by atoms with Crippen LogP contribution in [0.15, 0.2) is 50.7 Å². The van der Waals surface area contributed by atoms with E-state index in [9.17, 15) is 14.9 Å². The van der Waals surface area contributed by atoms with Crippen LogP contribution < -0.4 is 0 Å². The number of nitro benzene ring substituents is 1. The zero-order valence-corrected chi connectivity index (χ0v) is 15.3. The highest BCUT2D eigenvalue weighted by Gasteiger charge is 2.27. The van der Waals surface area contributed by atoms with E-state index in [0.717, 1.165) is 31.1 Å². The van der Waals surface area contributed by atoms with Crippen LogP contribution in [-0.2, 0) is 4.79 Å². The lowest BCUT2D eigenvalue weighted by molar-refractivity contribution is -0.384. The van der Waals surface area contributed by atoms with Crippen molar-refractivity contribution in [1.82, 2.24) is 4.90 Å². The highest BCUT2D eigenvalue weighted by molar-refractivity contribution is 8.18. The molecule has 1 aromatic heterocycles. The van der Waals surface area contributed by atoms with Crippen molar-refractivity contribution in [2.45, 2.75) is 19.3 Å². The summed E-state index contributed by atoms with van der Waals surface area (Å²) < 4.78 is 5.77. The van der Waals surface area contributed by atoms with Crippen molar-refractivity contribution in [2.75, 3.05) is 13.1 Å². The van der Waals surface area contributed by atoms with Gasteiger partial charge in [-0.2, -0.15) is 4.99 Å². The van der Waals surface area contributed by atoms with Crippen molar-refractivity contribution in [1.29, 1.82) is 0 Å². The number of furan rings is 1. The molecule has 1 fully saturated rings. The standard InChI is InChI=1S/C19H17N3O4S/c23-18-17(27-19(20-18)21-9-2-1-3-10-21)12-15-7-8-16(26-15)13-5-4-6-14(11-13)22(24)25/h4-8,11-12H,1-3,9-10H2/b17-12+. The number of non-ortho nitro benzene ring substituents is 1. The highest BCUT2D eigenvalue weighted by atomic mass is 32.2. The molecule has 0 saturated carbocycles. The van der Waals surface area contributed by atoms with Crippen LogP contribution in [0.25, 0.3) is 17.4 Å². The summed E-state index contributed by atoms with van der Waals surface area (Å²) in [5.41, 5.74) is 0.620. The van der Waals surface area contributed by atoms with Crippen LogP contribution in [0.4, 0.5) is 5.69 Å². The zero-order valence-electron chi connectivity index (χ0n) is 14.5.